The highest BCUT2D eigenvalue weighted by Crippen LogP contribution is 2.39. The van der Waals surface area contributed by atoms with Gasteiger partial charge in [0, 0.05) is 20.8 Å². The predicted molar refractivity (Wildman–Crippen MR) is 102 cm³/mol. The first-order chi connectivity index (χ1) is 12.1. The van der Waals surface area contributed by atoms with Crippen LogP contribution in [0.15, 0.2) is 64.1 Å². The Morgan fingerprint density at radius 1 is 1.00 bits per heavy atom. The zero-order chi connectivity index (χ0) is 17.1. The van der Waals surface area contributed by atoms with Crippen molar-refractivity contribution in [3.8, 4) is 5.88 Å². The van der Waals surface area contributed by atoms with Gasteiger partial charge in [0.1, 0.15) is 5.71 Å². The second kappa shape index (κ2) is 5.04. The van der Waals surface area contributed by atoms with E-state index in [1.165, 1.54) is 0 Å². The van der Waals surface area contributed by atoms with Crippen molar-refractivity contribution in [3.63, 3.8) is 0 Å². The van der Waals surface area contributed by atoms with E-state index in [-0.39, 0.29) is 17.4 Å². The summed E-state index contributed by atoms with van der Waals surface area (Å²) in [7, 11) is 0. The number of hydrogen-bond acceptors (Lipinski definition) is 3. The molecule has 0 unspecified atom stereocenters. The fourth-order valence-corrected chi connectivity index (χ4v) is 3.77. The van der Waals surface area contributed by atoms with Crippen LogP contribution < -0.4 is 0 Å². The molecule has 1 aliphatic rings. The van der Waals surface area contributed by atoms with E-state index >= 15 is 0 Å². The van der Waals surface area contributed by atoms with Gasteiger partial charge in [-0.2, -0.15) is 0 Å². The maximum absolute atomic E-state index is 13.0. The quantitative estimate of drug-likeness (QED) is 0.474. The van der Waals surface area contributed by atoms with Gasteiger partial charge in [0.05, 0.1) is 16.8 Å². The highest BCUT2D eigenvalue weighted by Gasteiger charge is 2.31. The van der Waals surface area contributed by atoms with E-state index in [9.17, 15) is 9.90 Å². The summed E-state index contributed by atoms with van der Waals surface area (Å²) in [5.41, 5.74) is 2.71. The summed E-state index contributed by atoms with van der Waals surface area (Å²) in [6.07, 6.45) is 0. The van der Waals surface area contributed by atoms with E-state index in [1.807, 2.05) is 48.5 Å². The van der Waals surface area contributed by atoms with Crippen LogP contribution in [0, 0.1) is 0 Å². The molecule has 1 aliphatic heterocycles. The molecule has 5 heteroatoms. The Morgan fingerprint density at radius 2 is 1.84 bits per heavy atom. The molecule has 120 valence electrons. The van der Waals surface area contributed by atoms with Crippen molar-refractivity contribution in [1.82, 2.24) is 4.98 Å². The van der Waals surface area contributed by atoms with Crippen LogP contribution in [-0.2, 0) is 0 Å². The van der Waals surface area contributed by atoms with E-state index < -0.39 is 0 Å². The summed E-state index contributed by atoms with van der Waals surface area (Å²) in [5, 5.41) is 13.1. The molecule has 3 aromatic carbocycles. The van der Waals surface area contributed by atoms with E-state index in [2.05, 4.69) is 25.9 Å². The molecular weight excluding hydrogens is 380 g/mol. The number of ketones is 1. The Labute approximate surface area is 151 Å². The molecule has 0 amide bonds. The number of aromatic hydroxyl groups is 1. The van der Waals surface area contributed by atoms with Crippen molar-refractivity contribution in [1.29, 1.82) is 0 Å². The van der Waals surface area contributed by atoms with Crippen LogP contribution in [0.2, 0.25) is 0 Å². The molecule has 5 rings (SSSR count). The summed E-state index contributed by atoms with van der Waals surface area (Å²) < 4.78 is 0.870. The topological polar surface area (TPSA) is 65.4 Å². The number of nitrogens with zero attached hydrogens (tertiary/aromatic N) is 1. The summed E-state index contributed by atoms with van der Waals surface area (Å²) in [6, 6.07) is 17.2. The Bertz CT molecular complexity index is 1240. The van der Waals surface area contributed by atoms with E-state index in [0.29, 0.717) is 16.8 Å². The van der Waals surface area contributed by atoms with Gasteiger partial charge in [-0.25, -0.2) is 4.99 Å². The number of Topliss-reactive ketones (excluding diaryl/α,β-unsaturated/α-hetero) is 1. The number of carbonyl (C=O) groups excluding carboxylic acids is 1. The third-order valence-corrected chi connectivity index (χ3v) is 5.05. The predicted octanol–water partition coefficient (Wildman–Crippen LogP) is 5.11. The van der Waals surface area contributed by atoms with Gasteiger partial charge in [-0.05, 0) is 29.7 Å². The minimum Gasteiger partial charge on any atom is -0.494 e. The van der Waals surface area contributed by atoms with Crippen LogP contribution >= 0.6 is 15.9 Å². The molecule has 0 saturated heterocycles. The molecule has 0 atom stereocenters. The second-order valence-corrected chi connectivity index (χ2v) is 6.93. The van der Waals surface area contributed by atoms with E-state index in [0.717, 1.165) is 26.1 Å². The summed E-state index contributed by atoms with van der Waals surface area (Å²) in [4.78, 5) is 20.5. The van der Waals surface area contributed by atoms with Gasteiger partial charge in [0.2, 0.25) is 5.78 Å². The van der Waals surface area contributed by atoms with Crippen molar-refractivity contribution in [2.45, 2.75) is 0 Å². The molecule has 0 fully saturated rings. The first-order valence-corrected chi connectivity index (χ1v) is 8.58. The molecule has 0 aliphatic carbocycles. The number of aromatic nitrogens is 1. The lowest BCUT2D eigenvalue weighted by Crippen LogP contribution is -2.10. The summed E-state index contributed by atoms with van der Waals surface area (Å²) in [6.45, 7) is 0. The Hall–Kier alpha value is -2.92. The van der Waals surface area contributed by atoms with Crippen LogP contribution in [0.5, 0.6) is 5.88 Å². The van der Waals surface area contributed by atoms with E-state index in [1.54, 1.807) is 6.07 Å². The third kappa shape index (κ3) is 1.99. The number of nitrogens with one attached hydrogen (secondary N) is 1. The lowest BCUT2D eigenvalue weighted by molar-refractivity contribution is 0.107. The van der Waals surface area contributed by atoms with Gasteiger partial charge in [-0.15, -0.1) is 0 Å². The van der Waals surface area contributed by atoms with Gasteiger partial charge >= 0.3 is 0 Å². The number of aliphatic imine (C=N–C) groups is 1. The maximum Gasteiger partial charge on any atom is 0.214 e. The zero-order valence-corrected chi connectivity index (χ0v) is 14.5. The fraction of sp³-hybridized carbons (Fsp3) is 0. The number of hydrogen-bond donors (Lipinski definition) is 2. The average molecular weight is 391 g/mol. The lowest BCUT2D eigenvalue weighted by Gasteiger charge is -2.01. The van der Waals surface area contributed by atoms with Crippen molar-refractivity contribution >= 4 is 54.8 Å². The molecule has 25 heavy (non-hydrogen) atoms. The normalized spacial score (nSPS) is 13.5. The molecule has 0 bridgehead atoms. The average Bonchev–Trinajstić information content (AvgIpc) is 3.11. The molecule has 4 aromatic rings. The Morgan fingerprint density at radius 3 is 2.72 bits per heavy atom. The van der Waals surface area contributed by atoms with Gasteiger partial charge in [-0.1, -0.05) is 46.3 Å². The molecule has 4 nitrogen and oxygen atoms in total. The van der Waals surface area contributed by atoms with E-state index in [4.69, 9.17) is 0 Å². The highest BCUT2D eigenvalue weighted by atomic mass is 79.9. The minimum atomic E-state index is -0.170. The zero-order valence-electron chi connectivity index (χ0n) is 12.9. The summed E-state index contributed by atoms with van der Waals surface area (Å²) in [5.74, 6) is -0.214. The van der Waals surface area contributed by atoms with Gasteiger partial charge < -0.3 is 10.1 Å². The Balaban J connectivity index is 1.81. The van der Waals surface area contributed by atoms with Crippen molar-refractivity contribution in [3.05, 3.63) is 70.2 Å². The van der Waals surface area contributed by atoms with Gasteiger partial charge in [-0.3, -0.25) is 4.79 Å². The monoisotopic (exact) mass is 390 g/mol. The molecule has 0 radical (unpaired) electrons. The highest BCUT2D eigenvalue weighted by molar-refractivity contribution is 9.10. The molecule has 2 N–H and O–H groups in total. The number of rotatable bonds is 1. The molecule has 0 saturated carbocycles. The minimum absolute atomic E-state index is 0.0442. The van der Waals surface area contributed by atoms with Crippen molar-refractivity contribution in [2.24, 2.45) is 4.99 Å². The van der Waals surface area contributed by atoms with Gasteiger partial charge in [0.15, 0.2) is 5.88 Å². The molecular formula is C20H11BrN2O2. The number of aromatic amines is 1. The first-order valence-electron chi connectivity index (χ1n) is 7.79. The largest absolute Gasteiger partial charge is 0.494 e. The third-order valence-electron chi connectivity index (χ3n) is 4.56. The Kier molecular flexibility index (Phi) is 2.91. The molecule has 0 spiro atoms. The van der Waals surface area contributed by atoms with Crippen LogP contribution in [0.1, 0.15) is 15.9 Å². The standard InChI is InChI=1S/C20H11BrN2O2/c21-11-6-8-15-14(9-11)16(20(25)22-15)18-19(24)13-7-5-10-3-1-2-4-12(10)17(13)23-18/h1-9,22,25H. The van der Waals surface area contributed by atoms with Gasteiger partial charge in [0.25, 0.3) is 0 Å². The number of H-pyrrole nitrogens is 1. The SMILES string of the molecule is O=C1C(c2c(O)[nH]c3ccc(Br)cc23)=Nc2c1ccc1ccccc21. The lowest BCUT2D eigenvalue weighted by atomic mass is 9.99. The number of benzene rings is 3. The fourth-order valence-electron chi connectivity index (χ4n) is 3.41. The first kappa shape index (κ1) is 14.4. The number of halogens is 1. The van der Waals surface area contributed by atoms with Crippen molar-refractivity contribution < 1.29 is 9.90 Å². The number of carbonyl (C=O) groups is 1. The maximum atomic E-state index is 13.0. The molecule has 1 aromatic heterocycles. The molecule has 2 heterocycles. The van der Waals surface area contributed by atoms with Crippen LogP contribution in [0.3, 0.4) is 0 Å². The van der Waals surface area contributed by atoms with Crippen molar-refractivity contribution in [2.75, 3.05) is 0 Å². The smallest absolute Gasteiger partial charge is 0.214 e. The number of fused-ring (bicyclic) bond motifs is 4. The van der Waals surface area contributed by atoms with Crippen LogP contribution in [-0.4, -0.2) is 21.6 Å². The van der Waals surface area contributed by atoms with Crippen LogP contribution in [0.25, 0.3) is 21.7 Å². The van der Waals surface area contributed by atoms with Crippen LogP contribution in [0.4, 0.5) is 5.69 Å². The second-order valence-electron chi connectivity index (χ2n) is 6.01. The summed E-state index contributed by atoms with van der Waals surface area (Å²) >= 11 is 3.44.